The van der Waals surface area contributed by atoms with Gasteiger partial charge in [0.1, 0.15) is 17.5 Å². The van der Waals surface area contributed by atoms with Gasteiger partial charge < -0.3 is 15.4 Å². The molecule has 0 amide bonds. The van der Waals surface area contributed by atoms with Crippen LogP contribution in [0, 0.1) is 5.92 Å². The normalized spacial score (nSPS) is 10.8. The van der Waals surface area contributed by atoms with Gasteiger partial charge in [-0.05, 0) is 12.3 Å². The minimum Gasteiger partial charge on any atom is -0.381 e. The van der Waals surface area contributed by atoms with Crippen molar-refractivity contribution in [2.75, 3.05) is 37.4 Å². The minimum absolute atomic E-state index is 0.597. The Morgan fingerprint density at radius 2 is 2.00 bits per heavy atom. The van der Waals surface area contributed by atoms with E-state index in [0.29, 0.717) is 5.92 Å². The topological polar surface area (TPSA) is 59.1 Å². The number of ether oxygens (including phenoxy) is 1. The molecule has 0 aliphatic heterocycles. The predicted octanol–water partition coefficient (Wildman–Crippen LogP) is 2.56. The smallest absolute Gasteiger partial charge is 0.132 e. The Morgan fingerprint density at radius 3 is 2.63 bits per heavy atom. The van der Waals surface area contributed by atoms with E-state index in [4.69, 9.17) is 4.74 Å². The summed E-state index contributed by atoms with van der Waals surface area (Å²) in [6, 6.07) is 1.92. The number of rotatable bonds is 9. The van der Waals surface area contributed by atoms with Gasteiger partial charge >= 0.3 is 0 Å². The van der Waals surface area contributed by atoms with Gasteiger partial charge in [-0.2, -0.15) is 0 Å². The molecule has 1 aromatic rings. The van der Waals surface area contributed by atoms with E-state index in [-0.39, 0.29) is 0 Å². The van der Waals surface area contributed by atoms with Crippen LogP contribution in [-0.4, -0.2) is 36.8 Å². The van der Waals surface area contributed by atoms with Gasteiger partial charge in [0.05, 0.1) is 0 Å². The largest absolute Gasteiger partial charge is 0.381 e. The highest BCUT2D eigenvalue weighted by Crippen LogP contribution is 2.11. The Balaban J connectivity index is 2.32. The Labute approximate surface area is 116 Å². The number of aromatic nitrogens is 2. The molecule has 19 heavy (non-hydrogen) atoms. The zero-order valence-corrected chi connectivity index (χ0v) is 12.5. The van der Waals surface area contributed by atoms with Crippen molar-refractivity contribution in [3.8, 4) is 0 Å². The molecule has 0 saturated heterocycles. The molecule has 0 fully saturated rings. The summed E-state index contributed by atoms with van der Waals surface area (Å²) in [5, 5.41) is 6.36. The predicted molar refractivity (Wildman–Crippen MR) is 79.7 cm³/mol. The van der Waals surface area contributed by atoms with Gasteiger partial charge in [-0.25, -0.2) is 9.97 Å². The first-order valence-electron chi connectivity index (χ1n) is 7.03. The van der Waals surface area contributed by atoms with Crippen LogP contribution in [0.1, 0.15) is 33.0 Å². The standard InChI is InChI=1S/C14H26N4O/c1-5-12-17-13(15-4)9-14(18-12)16-7-6-8-19-10-11(2)3/h9,11H,5-8,10H2,1-4H3,(H2,15,16,17,18). The second-order valence-corrected chi connectivity index (χ2v) is 4.91. The van der Waals surface area contributed by atoms with Gasteiger partial charge in [0, 0.05) is 39.3 Å². The van der Waals surface area contributed by atoms with Crippen molar-refractivity contribution in [3.63, 3.8) is 0 Å². The highest BCUT2D eigenvalue weighted by Gasteiger charge is 2.02. The Kier molecular flexibility index (Phi) is 7.18. The van der Waals surface area contributed by atoms with Crippen molar-refractivity contribution in [1.29, 1.82) is 0 Å². The van der Waals surface area contributed by atoms with E-state index in [1.165, 1.54) is 0 Å². The maximum absolute atomic E-state index is 5.54. The van der Waals surface area contributed by atoms with E-state index < -0.39 is 0 Å². The summed E-state index contributed by atoms with van der Waals surface area (Å²) in [5.74, 6) is 3.18. The fourth-order valence-electron chi connectivity index (χ4n) is 1.58. The Bertz CT molecular complexity index is 346. The van der Waals surface area contributed by atoms with Gasteiger partial charge in [0.15, 0.2) is 0 Å². The van der Waals surface area contributed by atoms with Crippen LogP contribution in [-0.2, 0) is 11.2 Å². The highest BCUT2D eigenvalue weighted by molar-refractivity contribution is 5.47. The Morgan fingerprint density at radius 1 is 1.26 bits per heavy atom. The highest BCUT2D eigenvalue weighted by atomic mass is 16.5. The van der Waals surface area contributed by atoms with Crippen molar-refractivity contribution < 1.29 is 4.74 Å². The van der Waals surface area contributed by atoms with Crippen molar-refractivity contribution in [2.24, 2.45) is 5.92 Å². The van der Waals surface area contributed by atoms with E-state index in [1.807, 2.05) is 13.1 Å². The summed E-state index contributed by atoms with van der Waals surface area (Å²) in [4.78, 5) is 8.80. The molecule has 1 aromatic heterocycles. The van der Waals surface area contributed by atoms with Crippen molar-refractivity contribution >= 4 is 11.6 Å². The maximum atomic E-state index is 5.54. The average molecular weight is 266 g/mol. The summed E-state index contributed by atoms with van der Waals surface area (Å²) in [6.07, 6.45) is 1.81. The van der Waals surface area contributed by atoms with Crippen molar-refractivity contribution in [3.05, 3.63) is 11.9 Å². The molecule has 1 heterocycles. The molecule has 0 aliphatic rings. The molecule has 5 nitrogen and oxygen atoms in total. The van der Waals surface area contributed by atoms with Crippen LogP contribution in [0.2, 0.25) is 0 Å². The van der Waals surface area contributed by atoms with Gasteiger partial charge in [-0.15, -0.1) is 0 Å². The van der Waals surface area contributed by atoms with Crippen LogP contribution in [0.3, 0.4) is 0 Å². The molecule has 5 heteroatoms. The maximum Gasteiger partial charge on any atom is 0.132 e. The van der Waals surface area contributed by atoms with Gasteiger partial charge in [0.2, 0.25) is 0 Å². The lowest BCUT2D eigenvalue weighted by Crippen LogP contribution is -2.10. The molecule has 0 saturated carbocycles. The van der Waals surface area contributed by atoms with Gasteiger partial charge in [-0.3, -0.25) is 0 Å². The molecule has 1 rings (SSSR count). The zero-order valence-electron chi connectivity index (χ0n) is 12.5. The zero-order chi connectivity index (χ0) is 14.1. The van der Waals surface area contributed by atoms with Crippen molar-refractivity contribution in [2.45, 2.75) is 33.6 Å². The summed E-state index contributed by atoms with van der Waals surface area (Å²) >= 11 is 0. The molecule has 0 atom stereocenters. The second-order valence-electron chi connectivity index (χ2n) is 4.91. The average Bonchev–Trinajstić information content (AvgIpc) is 2.41. The minimum atomic E-state index is 0.597. The Hall–Kier alpha value is -1.36. The fraction of sp³-hybridized carbons (Fsp3) is 0.714. The first-order chi connectivity index (χ1) is 9.15. The number of nitrogens with zero attached hydrogens (tertiary/aromatic N) is 2. The van der Waals surface area contributed by atoms with E-state index in [0.717, 1.165) is 50.1 Å². The third-order valence-corrected chi connectivity index (χ3v) is 2.57. The molecule has 0 bridgehead atoms. The lowest BCUT2D eigenvalue weighted by molar-refractivity contribution is 0.110. The monoisotopic (exact) mass is 266 g/mol. The van der Waals surface area contributed by atoms with Crippen LogP contribution in [0.15, 0.2) is 6.07 Å². The molecular formula is C14H26N4O. The SMILES string of the molecule is CCc1nc(NC)cc(NCCCOCC(C)C)n1. The molecule has 0 spiro atoms. The second kappa shape index (κ2) is 8.69. The number of aryl methyl sites for hydroxylation is 1. The number of hydrogen-bond donors (Lipinski definition) is 2. The van der Waals surface area contributed by atoms with Gasteiger partial charge in [-0.1, -0.05) is 20.8 Å². The quantitative estimate of drug-likeness (QED) is 0.673. The molecule has 0 aliphatic carbocycles. The summed E-state index contributed by atoms with van der Waals surface area (Å²) in [7, 11) is 1.87. The molecular weight excluding hydrogens is 240 g/mol. The number of anilines is 2. The number of hydrogen-bond acceptors (Lipinski definition) is 5. The molecule has 0 aromatic carbocycles. The summed E-state index contributed by atoms with van der Waals surface area (Å²) in [6.45, 7) is 8.85. The third-order valence-electron chi connectivity index (χ3n) is 2.57. The fourth-order valence-corrected chi connectivity index (χ4v) is 1.58. The lowest BCUT2D eigenvalue weighted by Gasteiger charge is -2.10. The van der Waals surface area contributed by atoms with Crippen LogP contribution >= 0.6 is 0 Å². The third kappa shape index (κ3) is 6.38. The van der Waals surface area contributed by atoms with E-state index in [1.54, 1.807) is 0 Å². The molecule has 108 valence electrons. The first kappa shape index (κ1) is 15.7. The van der Waals surface area contributed by atoms with Crippen LogP contribution in [0.5, 0.6) is 0 Å². The molecule has 2 N–H and O–H groups in total. The molecule has 0 unspecified atom stereocenters. The number of nitrogens with one attached hydrogen (secondary N) is 2. The first-order valence-corrected chi connectivity index (χ1v) is 7.03. The molecule has 0 radical (unpaired) electrons. The summed E-state index contributed by atoms with van der Waals surface area (Å²) < 4.78 is 5.54. The van der Waals surface area contributed by atoms with Gasteiger partial charge in [0.25, 0.3) is 0 Å². The van der Waals surface area contributed by atoms with Crippen LogP contribution in [0.25, 0.3) is 0 Å². The van der Waals surface area contributed by atoms with E-state index in [2.05, 4.69) is 41.4 Å². The van der Waals surface area contributed by atoms with Crippen LogP contribution in [0.4, 0.5) is 11.6 Å². The van der Waals surface area contributed by atoms with Crippen molar-refractivity contribution in [1.82, 2.24) is 9.97 Å². The van der Waals surface area contributed by atoms with E-state index >= 15 is 0 Å². The lowest BCUT2D eigenvalue weighted by atomic mass is 10.2. The summed E-state index contributed by atoms with van der Waals surface area (Å²) in [5.41, 5.74) is 0. The van der Waals surface area contributed by atoms with E-state index in [9.17, 15) is 0 Å². The van der Waals surface area contributed by atoms with Crippen LogP contribution < -0.4 is 10.6 Å².